The van der Waals surface area contributed by atoms with Crippen molar-refractivity contribution in [2.24, 2.45) is 0 Å². The highest BCUT2D eigenvalue weighted by molar-refractivity contribution is 9.10. The van der Waals surface area contributed by atoms with Crippen LogP contribution in [-0.4, -0.2) is 10.9 Å². The number of carbonyl (C=O) groups is 1. The third-order valence-electron chi connectivity index (χ3n) is 4.40. The highest BCUT2D eigenvalue weighted by Crippen LogP contribution is 2.25. The van der Waals surface area contributed by atoms with Crippen molar-refractivity contribution in [1.82, 2.24) is 4.90 Å². The van der Waals surface area contributed by atoms with Crippen molar-refractivity contribution in [2.75, 3.05) is 5.32 Å². The zero-order valence-corrected chi connectivity index (χ0v) is 16.5. The zero-order chi connectivity index (χ0) is 19.2. The molecule has 0 aliphatic heterocycles. The Morgan fingerprint density at radius 1 is 1.00 bits per heavy atom. The van der Waals surface area contributed by atoms with Crippen LogP contribution >= 0.6 is 15.9 Å². The van der Waals surface area contributed by atoms with E-state index < -0.39 is 0 Å². The van der Waals surface area contributed by atoms with Crippen LogP contribution < -0.4 is 5.32 Å². The van der Waals surface area contributed by atoms with E-state index in [-0.39, 0.29) is 24.4 Å². The number of rotatable bonds is 5. The number of halogens is 2. The molecule has 2 amide bonds. The maximum Gasteiger partial charge on any atom is 0.322 e. The maximum absolute atomic E-state index is 14.2. The van der Waals surface area contributed by atoms with Gasteiger partial charge in [0.25, 0.3) is 0 Å². The first-order valence-corrected chi connectivity index (χ1v) is 9.45. The van der Waals surface area contributed by atoms with Gasteiger partial charge in [-0.2, -0.15) is 0 Å². The highest BCUT2D eigenvalue weighted by atomic mass is 79.9. The van der Waals surface area contributed by atoms with E-state index in [0.717, 1.165) is 10.0 Å². The van der Waals surface area contributed by atoms with Crippen molar-refractivity contribution in [2.45, 2.75) is 19.5 Å². The second kappa shape index (κ2) is 8.82. The number of amides is 2. The lowest BCUT2D eigenvalue weighted by Gasteiger charge is -2.30. The third-order valence-corrected chi connectivity index (χ3v) is 4.93. The Morgan fingerprint density at radius 2 is 1.63 bits per heavy atom. The summed E-state index contributed by atoms with van der Waals surface area (Å²) in [5, 5.41) is 2.90. The van der Waals surface area contributed by atoms with Crippen LogP contribution in [0.1, 0.15) is 24.1 Å². The van der Waals surface area contributed by atoms with Gasteiger partial charge in [-0.05, 0) is 42.8 Å². The number of hydrogen-bond acceptors (Lipinski definition) is 1. The number of hydrogen-bond donors (Lipinski definition) is 1. The molecule has 1 unspecified atom stereocenters. The molecule has 0 spiro atoms. The highest BCUT2D eigenvalue weighted by Gasteiger charge is 2.23. The molecule has 0 bridgehead atoms. The molecule has 0 aliphatic carbocycles. The van der Waals surface area contributed by atoms with Crippen LogP contribution in [0.15, 0.2) is 83.3 Å². The van der Waals surface area contributed by atoms with Crippen LogP contribution in [0.4, 0.5) is 14.9 Å². The van der Waals surface area contributed by atoms with E-state index in [2.05, 4.69) is 21.2 Å². The summed E-state index contributed by atoms with van der Waals surface area (Å²) in [6.07, 6.45) is 0. The van der Waals surface area contributed by atoms with Crippen LogP contribution in [-0.2, 0) is 6.54 Å². The maximum atomic E-state index is 14.2. The van der Waals surface area contributed by atoms with E-state index in [0.29, 0.717) is 11.3 Å². The first-order valence-electron chi connectivity index (χ1n) is 8.66. The largest absolute Gasteiger partial charge is 0.322 e. The Morgan fingerprint density at radius 3 is 2.30 bits per heavy atom. The van der Waals surface area contributed by atoms with Gasteiger partial charge in [-0.15, -0.1) is 0 Å². The minimum absolute atomic E-state index is 0.172. The molecule has 3 aromatic carbocycles. The number of nitrogens with one attached hydrogen (secondary N) is 1. The minimum Gasteiger partial charge on any atom is -0.313 e. The number of anilines is 1. The van der Waals surface area contributed by atoms with Crippen LogP contribution in [0, 0.1) is 5.82 Å². The SMILES string of the molecule is CC(c1ccccc1)N(Cc1ccccc1F)C(=O)Nc1ccc(Br)cc1. The molecule has 0 saturated carbocycles. The molecule has 0 saturated heterocycles. The van der Waals surface area contributed by atoms with Gasteiger partial charge in [0.1, 0.15) is 5.82 Å². The first kappa shape index (κ1) is 19.1. The molecule has 0 aliphatic rings. The molecule has 138 valence electrons. The van der Waals surface area contributed by atoms with Gasteiger partial charge in [0.2, 0.25) is 0 Å². The topological polar surface area (TPSA) is 32.3 Å². The van der Waals surface area contributed by atoms with Gasteiger partial charge in [0, 0.05) is 15.7 Å². The van der Waals surface area contributed by atoms with E-state index in [9.17, 15) is 9.18 Å². The van der Waals surface area contributed by atoms with Gasteiger partial charge < -0.3 is 10.2 Å². The fraction of sp³-hybridized carbons (Fsp3) is 0.136. The van der Waals surface area contributed by atoms with E-state index in [1.807, 2.05) is 61.5 Å². The average Bonchev–Trinajstić information content (AvgIpc) is 2.69. The Kier molecular flexibility index (Phi) is 6.24. The molecule has 0 radical (unpaired) electrons. The molecule has 0 heterocycles. The monoisotopic (exact) mass is 426 g/mol. The summed E-state index contributed by atoms with van der Waals surface area (Å²) < 4.78 is 15.1. The van der Waals surface area contributed by atoms with E-state index >= 15 is 0 Å². The Balaban J connectivity index is 1.87. The fourth-order valence-corrected chi connectivity index (χ4v) is 3.10. The van der Waals surface area contributed by atoms with E-state index in [1.165, 1.54) is 6.07 Å². The van der Waals surface area contributed by atoms with Gasteiger partial charge in [0.15, 0.2) is 0 Å². The Bertz CT molecular complexity index is 900. The van der Waals surface area contributed by atoms with Crippen molar-refractivity contribution in [1.29, 1.82) is 0 Å². The lowest BCUT2D eigenvalue weighted by atomic mass is 10.1. The van der Waals surface area contributed by atoms with Crippen molar-refractivity contribution < 1.29 is 9.18 Å². The fourth-order valence-electron chi connectivity index (χ4n) is 2.83. The molecule has 0 fully saturated rings. The van der Waals surface area contributed by atoms with Gasteiger partial charge >= 0.3 is 6.03 Å². The lowest BCUT2D eigenvalue weighted by molar-refractivity contribution is 0.188. The van der Waals surface area contributed by atoms with E-state index in [1.54, 1.807) is 23.1 Å². The van der Waals surface area contributed by atoms with Crippen LogP contribution in [0.2, 0.25) is 0 Å². The predicted octanol–water partition coefficient (Wildman–Crippen LogP) is 6.38. The molecule has 3 nitrogen and oxygen atoms in total. The molecule has 5 heteroatoms. The molecule has 3 aromatic rings. The van der Waals surface area contributed by atoms with Crippen molar-refractivity contribution in [3.8, 4) is 0 Å². The quantitative estimate of drug-likeness (QED) is 0.503. The molecule has 1 atom stereocenters. The lowest BCUT2D eigenvalue weighted by Crippen LogP contribution is -2.36. The zero-order valence-electron chi connectivity index (χ0n) is 14.9. The van der Waals surface area contributed by atoms with Gasteiger partial charge in [-0.1, -0.05) is 64.5 Å². The molecule has 1 N–H and O–H groups in total. The second-order valence-electron chi connectivity index (χ2n) is 6.24. The van der Waals surface area contributed by atoms with Crippen molar-refractivity contribution in [3.63, 3.8) is 0 Å². The smallest absolute Gasteiger partial charge is 0.313 e. The summed E-state index contributed by atoms with van der Waals surface area (Å²) in [5.74, 6) is -0.320. The average molecular weight is 427 g/mol. The molecule has 0 aromatic heterocycles. The van der Waals surface area contributed by atoms with E-state index in [4.69, 9.17) is 0 Å². The Labute approximate surface area is 167 Å². The number of urea groups is 1. The molecular formula is C22H20BrFN2O. The third kappa shape index (κ3) is 4.95. The van der Waals surface area contributed by atoms with Crippen LogP contribution in [0.3, 0.4) is 0 Å². The molecule has 27 heavy (non-hydrogen) atoms. The van der Waals surface area contributed by atoms with Gasteiger partial charge in [-0.3, -0.25) is 0 Å². The van der Waals surface area contributed by atoms with Crippen molar-refractivity contribution >= 4 is 27.6 Å². The minimum atomic E-state index is -0.320. The number of benzene rings is 3. The summed E-state index contributed by atoms with van der Waals surface area (Å²) >= 11 is 3.38. The summed E-state index contributed by atoms with van der Waals surface area (Å²) in [7, 11) is 0. The molecular weight excluding hydrogens is 407 g/mol. The standard InChI is InChI=1S/C22H20BrFN2O/c1-16(17-7-3-2-4-8-17)26(15-18-9-5-6-10-21(18)24)22(27)25-20-13-11-19(23)12-14-20/h2-14,16H,15H2,1H3,(H,25,27). The van der Waals surface area contributed by atoms with Gasteiger partial charge in [0.05, 0.1) is 12.6 Å². The first-order chi connectivity index (χ1) is 13.0. The number of nitrogens with zero attached hydrogens (tertiary/aromatic N) is 1. The van der Waals surface area contributed by atoms with Crippen LogP contribution in [0.25, 0.3) is 0 Å². The van der Waals surface area contributed by atoms with Crippen LogP contribution in [0.5, 0.6) is 0 Å². The van der Waals surface area contributed by atoms with Gasteiger partial charge in [-0.25, -0.2) is 9.18 Å². The summed E-state index contributed by atoms with van der Waals surface area (Å²) in [5.41, 5.74) is 2.15. The Hall–Kier alpha value is -2.66. The summed E-state index contributed by atoms with van der Waals surface area (Å²) in [6, 6.07) is 23.1. The second-order valence-corrected chi connectivity index (χ2v) is 7.16. The summed E-state index contributed by atoms with van der Waals surface area (Å²) in [6.45, 7) is 2.11. The molecule has 3 rings (SSSR count). The predicted molar refractivity (Wildman–Crippen MR) is 110 cm³/mol. The normalized spacial score (nSPS) is 11.7. The van der Waals surface area contributed by atoms with Crippen molar-refractivity contribution in [3.05, 3.63) is 100 Å². The number of carbonyl (C=O) groups excluding carboxylic acids is 1. The summed E-state index contributed by atoms with van der Waals surface area (Å²) in [4.78, 5) is 14.6.